The minimum absolute atomic E-state index is 0.0539. The topological polar surface area (TPSA) is 42.0 Å². The molecule has 2 rings (SSSR count). The highest BCUT2D eigenvalue weighted by Crippen LogP contribution is 2.22. The second kappa shape index (κ2) is 6.61. The average Bonchev–Trinajstić information content (AvgIpc) is 2.93. The van der Waals surface area contributed by atoms with Gasteiger partial charge in [-0.25, -0.2) is 4.98 Å². The van der Waals surface area contributed by atoms with E-state index in [-0.39, 0.29) is 11.3 Å². The van der Waals surface area contributed by atoms with Gasteiger partial charge in [-0.2, -0.15) is 0 Å². The zero-order chi connectivity index (χ0) is 16.3. The van der Waals surface area contributed by atoms with Crippen molar-refractivity contribution in [3.8, 4) is 0 Å². The van der Waals surface area contributed by atoms with Gasteiger partial charge in [0.1, 0.15) is 5.01 Å². The van der Waals surface area contributed by atoms with Gasteiger partial charge in [-0.3, -0.25) is 4.79 Å². The summed E-state index contributed by atoms with van der Waals surface area (Å²) in [6.07, 6.45) is 0. The van der Waals surface area contributed by atoms with E-state index in [4.69, 9.17) is 0 Å². The van der Waals surface area contributed by atoms with Gasteiger partial charge in [0, 0.05) is 10.9 Å². The van der Waals surface area contributed by atoms with Gasteiger partial charge < -0.3 is 5.32 Å². The summed E-state index contributed by atoms with van der Waals surface area (Å²) in [5, 5.41) is 5.94. The SMILES string of the molecule is CC(C)c1csc(CNC(=O)c2ccc(C(C)(C)C)cc2)n1. The lowest BCUT2D eigenvalue weighted by Crippen LogP contribution is -2.23. The Morgan fingerprint density at radius 1 is 1.23 bits per heavy atom. The maximum absolute atomic E-state index is 12.2. The zero-order valence-electron chi connectivity index (χ0n) is 13.9. The van der Waals surface area contributed by atoms with E-state index in [1.165, 1.54) is 5.56 Å². The third-order valence-corrected chi connectivity index (χ3v) is 4.44. The lowest BCUT2D eigenvalue weighted by molar-refractivity contribution is 0.0951. The molecule has 1 heterocycles. The van der Waals surface area contributed by atoms with Gasteiger partial charge in [-0.15, -0.1) is 11.3 Å². The van der Waals surface area contributed by atoms with E-state index in [0.717, 1.165) is 10.7 Å². The second-order valence-electron chi connectivity index (χ2n) is 6.83. The monoisotopic (exact) mass is 316 g/mol. The Morgan fingerprint density at radius 3 is 2.36 bits per heavy atom. The van der Waals surface area contributed by atoms with Gasteiger partial charge in [0.05, 0.1) is 12.2 Å². The molecule has 1 N–H and O–H groups in total. The van der Waals surface area contributed by atoms with Crippen LogP contribution in [0.15, 0.2) is 29.6 Å². The molecule has 1 amide bonds. The van der Waals surface area contributed by atoms with E-state index in [9.17, 15) is 4.79 Å². The number of carbonyl (C=O) groups excluding carboxylic acids is 1. The maximum atomic E-state index is 12.2. The summed E-state index contributed by atoms with van der Waals surface area (Å²) in [4.78, 5) is 16.7. The maximum Gasteiger partial charge on any atom is 0.251 e. The Hall–Kier alpha value is -1.68. The molecular weight excluding hydrogens is 292 g/mol. The Balaban J connectivity index is 1.97. The van der Waals surface area contributed by atoms with Crippen LogP contribution in [0.25, 0.3) is 0 Å². The van der Waals surface area contributed by atoms with E-state index in [2.05, 4.69) is 50.3 Å². The molecule has 0 aliphatic rings. The minimum Gasteiger partial charge on any atom is -0.346 e. The highest BCUT2D eigenvalue weighted by Gasteiger charge is 2.14. The van der Waals surface area contributed by atoms with Crippen LogP contribution in [-0.4, -0.2) is 10.9 Å². The van der Waals surface area contributed by atoms with Crippen LogP contribution in [0.3, 0.4) is 0 Å². The third kappa shape index (κ3) is 4.17. The molecule has 2 aromatic rings. The van der Waals surface area contributed by atoms with Crippen LogP contribution < -0.4 is 5.32 Å². The molecule has 0 fully saturated rings. The van der Waals surface area contributed by atoms with E-state index in [1.807, 2.05) is 24.3 Å². The average molecular weight is 316 g/mol. The van der Waals surface area contributed by atoms with Gasteiger partial charge in [-0.1, -0.05) is 46.8 Å². The smallest absolute Gasteiger partial charge is 0.251 e. The van der Waals surface area contributed by atoms with E-state index < -0.39 is 0 Å². The largest absolute Gasteiger partial charge is 0.346 e. The van der Waals surface area contributed by atoms with Crippen molar-refractivity contribution in [2.24, 2.45) is 0 Å². The quantitative estimate of drug-likeness (QED) is 0.902. The lowest BCUT2D eigenvalue weighted by Gasteiger charge is -2.19. The molecule has 1 aromatic heterocycles. The number of carbonyl (C=O) groups is 1. The Kier molecular flexibility index (Phi) is 5.01. The molecule has 0 atom stereocenters. The first-order valence-electron chi connectivity index (χ1n) is 7.60. The van der Waals surface area contributed by atoms with Crippen LogP contribution in [-0.2, 0) is 12.0 Å². The Morgan fingerprint density at radius 2 is 1.86 bits per heavy atom. The molecule has 0 bridgehead atoms. The number of amides is 1. The van der Waals surface area contributed by atoms with Crippen molar-refractivity contribution < 1.29 is 4.79 Å². The molecule has 0 radical (unpaired) electrons. The molecule has 0 spiro atoms. The van der Waals surface area contributed by atoms with Gasteiger partial charge in [0.2, 0.25) is 0 Å². The Bertz CT molecular complexity index is 636. The molecular formula is C18H24N2OS. The molecule has 0 saturated heterocycles. The fraction of sp³-hybridized carbons (Fsp3) is 0.444. The van der Waals surface area contributed by atoms with Gasteiger partial charge in [0.15, 0.2) is 0 Å². The first-order valence-corrected chi connectivity index (χ1v) is 8.48. The van der Waals surface area contributed by atoms with Crippen molar-refractivity contribution in [2.75, 3.05) is 0 Å². The summed E-state index contributed by atoms with van der Waals surface area (Å²) in [7, 11) is 0. The molecule has 4 heteroatoms. The number of thiazole rings is 1. The molecule has 0 aliphatic carbocycles. The number of hydrogen-bond acceptors (Lipinski definition) is 3. The van der Waals surface area contributed by atoms with Crippen LogP contribution in [0, 0.1) is 0 Å². The van der Waals surface area contributed by atoms with Gasteiger partial charge in [-0.05, 0) is 29.0 Å². The predicted molar refractivity (Wildman–Crippen MR) is 92.5 cm³/mol. The van der Waals surface area contributed by atoms with Crippen LogP contribution in [0.1, 0.15) is 67.2 Å². The van der Waals surface area contributed by atoms with Gasteiger partial charge in [0.25, 0.3) is 5.91 Å². The minimum atomic E-state index is -0.0539. The highest BCUT2D eigenvalue weighted by molar-refractivity contribution is 7.09. The number of hydrogen-bond donors (Lipinski definition) is 1. The summed E-state index contributed by atoms with van der Waals surface area (Å²) in [5.74, 6) is 0.368. The van der Waals surface area contributed by atoms with Crippen molar-refractivity contribution in [1.82, 2.24) is 10.3 Å². The van der Waals surface area contributed by atoms with Crippen molar-refractivity contribution >= 4 is 17.2 Å². The van der Waals surface area contributed by atoms with Crippen molar-refractivity contribution in [2.45, 2.75) is 52.5 Å². The summed E-state index contributed by atoms with van der Waals surface area (Å²) in [6, 6.07) is 7.82. The number of rotatable bonds is 4. The van der Waals surface area contributed by atoms with Crippen LogP contribution in [0.5, 0.6) is 0 Å². The molecule has 0 unspecified atom stereocenters. The first-order chi connectivity index (χ1) is 10.3. The van der Waals surface area contributed by atoms with E-state index >= 15 is 0 Å². The standard InChI is InChI=1S/C18H24N2OS/c1-12(2)15-11-22-16(20-15)10-19-17(21)13-6-8-14(9-7-13)18(3,4)5/h6-9,11-12H,10H2,1-5H3,(H,19,21). The fourth-order valence-electron chi connectivity index (χ4n) is 2.05. The number of aromatic nitrogens is 1. The number of nitrogens with zero attached hydrogens (tertiary/aromatic N) is 1. The van der Waals surface area contributed by atoms with Crippen LogP contribution in [0.4, 0.5) is 0 Å². The fourth-order valence-corrected chi connectivity index (χ4v) is 2.95. The summed E-state index contributed by atoms with van der Waals surface area (Å²) in [6.45, 7) is 11.2. The van der Waals surface area contributed by atoms with Crippen molar-refractivity contribution in [3.05, 3.63) is 51.5 Å². The van der Waals surface area contributed by atoms with Crippen LogP contribution >= 0.6 is 11.3 Å². The lowest BCUT2D eigenvalue weighted by atomic mass is 9.87. The zero-order valence-corrected chi connectivity index (χ0v) is 14.8. The normalized spacial score (nSPS) is 11.7. The van der Waals surface area contributed by atoms with Crippen LogP contribution in [0.2, 0.25) is 0 Å². The third-order valence-electron chi connectivity index (χ3n) is 3.57. The molecule has 1 aromatic carbocycles. The molecule has 0 saturated carbocycles. The van der Waals surface area contributed by atoms with Gasteiger partial charge >= 0.3 is 0 Å². The predicted octanol–water partition coefficient (Wildman–Crippen LogP) is 4.49. The van der Waals surface area contributed by atoms with E-state index in [0.29, 0.717) is 18.0 Å². The highest BCUT2D eigenvalue weighted by atomic mass is 32.1. The molecule has 0 aliphatic heterocycles. The second-order valence-corrected chi connectivity index (χ2v) is 7.77. The van der Waals surface area contributed by atoms with Crippen molar-refractivity contribution in [1.29, 1.82) is 0 Å². The summed E-state index contributed by atoms with van der Waals surface area (Å²) < 4.78 is 0. The summed E-state index contributed by atoms with van der Waals surface area (Å²) in [5.41, 5.74) is 3.10. The molecule has 118 valence electrons. The molecule has 22 heavy (non-hydrogen) atoms. The Labute approximate surface area is 136 Å². The number of nitrogens with one attached hydrogen (secondary N) is 1. The molecule has 3 nitrogen and oxygen atoms in total. The number of benzene rings is 1. The summed E-state index contributed by atoms with van der Waals surface area (Å²) >= 11 is 1.60. The first kappa shape index (κ1) is 16.7. The van der Waals surface area contributed by atoms with Crippen molar-refractivity contribution in [3.63, 3.8) is 0 Å². The van der Waals surface area contributed by atoms with E-state index in [1.54, 1.807) is 11.3 Å².